The second-order valence-corrected chi connectivity index (χ2v) is 15.4. The van der Waals surface area contributed by atoms with Crippen LogP contribution < -0.4 is 10.6 Å². The number of ketones is 1. The number of hydrogen-bond acceptors (Lipinski definition) is 6. The molecule has 43 heavy (non-hydrogen) atoms. The van der Waals surface area contributed by atoms with Crippen LogP contribution in [-0.2, 0) is 34.8 Å². The van der Waals surface area contributed by atoms with Crippen molar-refractivity contribution in [2.24, 2.45) is 29.1 Å². The summed E-state index contributed by atoms with van der Waals surface area (Å²) in [5.74, 6) is -2.32. The average molecular weight is 614 g/mol. The third kappa shape index (κ3) is 7.75. The van der Waals surface area contributed by atoms with Gasteiger partial charge in [0.2, 0.25) is 17.6 Å². The molecule has 0 unspecified atom stereocenters. The molecule has 1 aliphatic heterocycles. The van der Waals surface area contributed by atoms with Gasteiger partial charge in [0.1, 0.15) is 6.04 Å². The summed E-state index contributed by atoms with van der Waals surface area (Å²) < 4.78 is 25.0. The first-order valence-corrected chi connectivity index (χ1v) is 17.5. The summed E-state index contributed by atoms with van der Waals surface area (Å²) >= 11 is 0. The van der Waals surface area contributed by atoms with Crippen molar-refractivity contribution in [3.63, 3.8) is 0 Å². The Kier molecular flexibility index (Phi) is 10.5. The van der Waals surface area contributed by atoms with E-state index in [1.807, 2.05) is 6.92 Å². The zero-order chi connectivity index (χ0) is 31.4. The fourth-order valence-electron chi connectivity index (χ4n) is 7.19. The number of Topliss-reactive ketones (excluding diaryl/α,β-unsaturated/α-hetero) is 1. The molecule has 3 fully saturated rings. The van der Waals surface area contributed by atoms with Crippen molar-refractivity contribution < 1.29 is 27.6 Å². The second kappa shape index (κ2) is 13.7. The number of carbonyl (C=O) groups excluding carboxylic acids is 4. The van der Waals surface area contributed by atoms with Crippen LogP contribution in [0.3, 0.4) is 0 Å². The average Bonchev–Trinajstić information content (AvgIpc) is 3.30. The van der Waals surface area contributed by atoms with Gasteiger partial charge >= 0.3 is 0 Å². The number of sulfone groups is 1. The molecule has 1 aromatic carbocycles. The normalized spacial score (nSPS) is 24.3. The molecule has 2 saturated carbocycles. The highest BCUT2D eigenvalue weighted by Crippen LogP contribution is 2.65. The van der Waals surface area contributed by atoms with E-state index in [1.54, 1.807) is 41.3 Å². The predicted octanol–water partition coefficient (Wildman–Crippen LogP) is 3.44. The highest BCUT2D eigenvalue weighted by molar-refractivity contribution is 7.90. The largest absolute Gasteiger partial charge is 0.348 e. The lowest BCUT2D eigenvalue weighted by Gasteiger charge is -2.35. The summed E-state index contributed by atoms with van der Waals surface area (Å²) in [5, 5.41) is 5.23. The van der Waals surface area contributed by atoms with Crippen LogP contribution in [0.2, 0.25) is 0 Å². The van der Waals surface area contributed by atoms with Gasteiger partial charge in [-0.2, -0.15) is 0 Å². The Bertz CT molecular complexity index is 1300. The summed E-state index contributed by atoms with van der Waals surface area (Å²) in [6.07, 6.45) is 7.66. The standard InChI is InChI=1S/C33H47N3O6S/c1-5-6-17-26(29(37)31(39)34-18-19-43(41,42)21-23-13-9-7-10-14-23)35-30(38)28-27-25(33(27,3)4)20-36(28)32(40)22(2)24-15-11-8-12-16-24/h5,7,9-10,13-14,22,24-28H,1,6,8,11-12,15-21H2,2-4H3,(H,34,39)(H,35,38)/t22-,25-,26-,27-,28-/m0/s1. The van der Waals surface area contributed by atoms with Crippen LogP contribution in [0.25, 0.3) is 0 Å². The van der Waals surface area contributed by atoms with Gasteiger partial charge in [0.25, 0.3) is 5.91 Å². The summed E-state index contributed by atoms with van der Waals surface area (Å²) in [7, 11) is -3.51. The molecule has 0 aromatic heterocycles. The van der Waals surface area contributed by atoms with Crippen molar-refractivity contribution >= 4 is 33.3 Å². The topological polar surface area (TPSA) is 130 Å². The Morgan fingerprint density at radius 2 is 1.77 bits per heavy atom. The Balaban J connectivity index is 1.39. The number of amides is 3. The first-order valence-electron chi connectivity index (χ1n) is 15.7. The van der Waals surface area contributed by atoms with Crippen molar-refractivity contribution in [1.29, 1.82) is 0 Å². The fraction of sp³-hybridized carbons (Fsp3) is 0.636. The number of fused-ring (bicyclic) bond motifs is 1. The van der Waals surface area contributed by atoms with Crippen LogP contribution in [0.5, 0.6) is 0 Å². The van der Waals surface area contributed by atoms with Crippen LogP contribution in [0, 0.1) is 29.1 Å². The fourth-order valence-corrected chi connectivity index (χ4v) is 8.44. The lowest BCUT2D eigenvalue weighted by atomic mass is 9.80. The van der Waals surface area contributed by atoms with Crippen LogP contribution in [0.1, 0.15) is 71.3 Å². The number of nitrogens with one attached hydrogen (secondary N) is 2. The third-order valence-electron chi connectivity index (χ3n) is 9.95. The lowest BCUT2D eigenvalue weighted by Crippen LogP contribution is -2.56. The zero-order valence-electron chi connectivity index (χ0n) is 25.7. The number of carbonyl (C=O) groups is 4. The van der Waals surface area contributed by atoms with Crippen LogP contribution >= 0.6 is 0 Å². The minimum atomic E-state index is -3.51. The molecule has 10 heteroatoms. The van der Waals surface area contributed by atoms with E-state index in [-0.39, 0.29) is 53.5 Å². The zero-order valence-corrected chi connectivity index (χ0v) is 26.5. The van der Waals surface area contributed by atoms with Gasteiger partial charge in [-0.05, 0) is 54.4 Å². The maximum absolute atomic E-state index is 13.8. The minimum absolute atomic E-state index is 0.00141. The smallest absolute Gasteiger partial charge is 0.289 e. The van der Waals surface area contributed by atoms with Gasteiger partial charge in [0.15, 0.2) is 9.84 Å². The number of allylic oxidation sites excluding steroid dienone is 1. The quantitative estimate of drug-likeness (QED) is 0.244. The SMILES string of the molecule is C=CCC[C@H](NC(=O)[C@@H]1[C@@H]2[C@H](CN1C(=O)[C@@H](C)C1CCCCC1)C2(C)C)C(=O)C(=O)NCCS(=O)(=O)Cc1ccccc1. The third-order valence-corrected chi connectivity index (χ3v) is 11.6. The van der Waals surface area contributed by atoms with Crippen molar-refractivity contribution in [2.45, 2.75) is 83.6 Å². The highest BCUT2D eigenvalue weighted by Gasteiger charge is 2.69. The molecule has 1 saturated heterocycles. The molecule has 5 atom stereocenters. The summed E-state index contributed by atoms with van der Waals surface area (Å²) in [6, 6.07) is 6.94. The van der Waals surface area contributed by atoms with E-state index >= 15 is 0 Å². The molecule has 4 rings (SSSR count). The Morgan fingerprint density at radius 3 is 2.42 bits per heavy atom. The second-order valence-electron chi connectivity index (χ2n) is 13.2. The van der Waals surface area contributed by atoms with Crippen LogP contribution in [-0.4, -0.2) is 67.7 Å². The Labute approximate surface area is 256 Å². The number of benzene rings is 1. The predicted molar refractivity (Wildman–Crippen MR) is 165 cm³/mol. The number of likely N-dealkylation sites (tertiary alicyclic amines) is 1. The summed E-state index contributed by atoms with van der Waals surface area (Å²) in [5.41, 5.74) is 0.557. The number of piperidine rings is 1. The van der Waals surface area contributed by atoms with Crippen molar-refractivity contribution in [3.8, 4) is 0 Å². The monoisotopic (exact) mass is 613 g/mol. The maximum Gasteiger partial charge on any atom is 0.289 e. The van der Waals surface area contributed by atoms with Crippen molar-refractivity contribution in [3.05, 3.63) is 48.6 Å². The van der Waals surface area contributed by atoms with E-state index in [0.29, 0.717) is 24.4 Å². The van der Waals surface area contributed by atoms with E-state index < -0.39 is 39.5 Å². The van der Waals surface area contributed by atoms with Crippen molar-refractivity contribution in [2.75, 3.05) is 18.8 Å². The number of hydrogen-bond donors (Lipinski definition) is 2. The van der Waals surface area contributed by atoms with Gasteiger partial charge in [0.05, 0.1) is 17.5 Å². The molecule has 2 N–H and O–H groups in total. The lowest BCUT2D eigenvalue weighted by molar-refractivity contribution is -0.146. The van der Waals surface area contributed by atoms with Crippen LogP contribution in [0.4, 0.5) is 0 Å². The van der Waals surface area contributed by atoms with Crippen molar-refractivity contribution in [1.82, 2.24) is 15.5 Å². The van der Waals surface area contributed by atoms with Gasteiger partial charge in [0, 0.05) is 19.0 Å². The molecule has 236 valence electrons. The van der Waals surface area contributed by atoms with Gasteiger partial charge < -0.3 is 15.5 Å². The Morgan fingerprint density at radius 1 is 1.09 bits per heavy atom. The summed E-state index contributed by atoms with van der Waals surface area (Å²) in [6.45, 7) is 10.2. The molecule has 9 nitrogen and oxygen atoms in total. The molecule has 2 aliphatic carbocycles. The first kappa shape index (κ1) is 32.9. The minimum Gasteiger partial charge on any atom is -0.348 e. The molecule has 1 aromatic rings. The van der Waals surface area contributed by atoms with E-state index in [2.05, 4.69) is 31.1 Å². The molecule has 0 bridgehead atoms. The molecule has 3 aliphatic rings. The number of rotatable bonds is 14. The molecular weight excluding hydrogens is 566 g/mol. The summed E-state index contributed by atoms with van der Waals surface area (Å²) in [4.78, 5) is 55.3. The van der Waals surface area contributed by atoms with Gasteiger partial charge in [-0.25, -0.2) is 8.42 Å². The highest BCUT2D eigenvalue weighted by atomic mass is 32.2. The van der Waals surface area contributed by atoms with E-state index in [9.17, 15) is 27.6 Å². The molecule has 1 heterocycles. The molecule has 3 amide bonds. The number of nitrogens with zero attached hydrogens (tertiary/aromatic N) is 1. The van der Waals surface area contributed by atoms with Gasteiger partial charge in [-0.1, -0.05) is 76.4 Å². The van der Waals surface area contributed by atoms with E-state index in [4.69, 9.17) is 0 Å². The molecule has 0 radical (unpaired) electrons. The van der Waals surface area contributed by atoms with Gasteiger partial charge in [-0.15, -0.1) is 6.58 Å². The van der Waals surface area contributed by atoms with Gasteiger partial charge in [-0.3, -0.25) is 19.2 Å². The molecular formula is C33H47N3O6S. The maximum atomic E-state index is 13.8. The Hall–Kier alpha value is -3.01. The molecule has 0 spiro atoms. The van der Waals surface area contributed by atoms with Crippen LogP contribution in [0.15, 0.2) is 43.0 Å². The van der Waals surface area contributed by atoms with E-state index in [0.717, 1.165) is 25.7 Å². The van der Waals surface area contributed by atoms with E-state index in [1.165, 1.54) is 6.42 Å². The first-order chi connectivity index (χ1) is 20.4.